The average Bonchev–Trinajstić information content (AvgIpc) is 2.74. The Kier molecular flexibility index (Phi) is 2.86. The van der Waals surface area contributed by atoms with Gasteiger partial charge in [0.1, 0.15) is 12.1 Å². The Labute approximate surface area is 98.8 Å². The zero-order valence-corrected chi connectivity index (χ0v) is 9.52. The van der Waals surface area contributed by atoms with Crippen molar-refractivity contribution in [2.45, 2.75) is 0 Å². The smallest absolute Gasteiger partial charge is 0.261 e. The number of aromatic nitrogens is 3. The van der Waals surface area contributed by atoms with Gasteiger partial charge < -0.3 is 5.11 Å². The van der Waals surface area contributed by atoms with E-state index in [-0.39, 0.29) is 17.3 Å². The summed E-state index contributed by atoms with van der Waals surface area (Å²) in [6.07, 6.45) is 1.27. The quantitative estimate of drug-likeness (QED) is 0.779. The van der Waals surface area contributed by atoms with E-state index in [0.29, 0.717) is 4.47 Å². The number of anilines is 1. The number of phenolic OH excluding ortho intramolecular Hbond substituents is 1. The molecule has 1 heterocycles. The maximum atomic E-state index is 11.7. The largest absolute Gasteiger partial charge is 0.507 e. The molecule has 0 saturated carbocycles. The molecule has 6 nitrogen and oxygen atoms in total. The van der Waals surface area contributed by atoms with Crippen LogP contribution in [0.1, 0.15) is 10.4 Å². The molecule has 0 unspecified atom stereocenters. The zero-order chi connectivity index (χ0) is 11.5. The minimum absolute atomic E-state index is 0.0970. The Morgan fingerprint density at radius 3 is 3.00 bits per heavy atom. The van der Waals surface area contributed by atoms with Gasteiger partial charge in [-0.15, -0.1) is 0 Å². The van der Waals surface area contributed by atoms with Crippen LogP contribution in [0.5, 0.6) is 5.75 Å². The summed E-state index contributed by atoms with van der Waals surface area (Å²) in [5, 5.41) is 18.0. The van der Waals surface area contributed by atoms with Gasteiger partial charge in [-0.3, -0.25) is 10.1 Å². The van der Waals surface area contributed by atoms with Crippen molar-refractivity contribution in [3.8, 4) is 5.75 Å². The fourth-order valence-electron chi connectivity index (χ4n) is 1.13. The highest BCUT2D eigenvalue weighted by Gasteiger charge is 2.12. The number of hydrogen-bond acceptors (Lipinski definition) is 4. The standard InChI is InChI=1S/C9H7BrN4O2/c10-5-1-2-7(15)6(3-5)8(16)13-9-11-4-12-14-9/h1-4,15H,(H2,11,12,13,14,16). The normalized spacial score (nSPS) is 10.1. The van der Waals surface area contributed by atoms with Crippen molar-refractivity contribution in [2.24, 2.45) is 0 Å². The van der Waals surface area contributed by atoms with E-state index in [1.165, 1.54) is 18.5 Å². The molecule has 1 amide bonds. The van der Waals surface area contributed by atoms with Crippen molar-refractivity contribution in [1.82, 2.24) is 15.2 Å². The molecule has 0 spiro atoms. The number of phenols is 1. The number of rotatable bonds is 2. The van der Waals surface area contributed by atoms with Gasteiger partial charge in [-0.1, -0.05) is 15.9 Å². The lowest BCUT2D eigenvalue weighted by molar-refractivity contribution is 0.102. The van der Waals surface area contributed by atoms with E-state index < -0.39 is 5.91 Å². The average molecular weight is 283 g/mol. The molecule has 1 aromatic heterocycles. The number of benzene rings is 1. The molecule has 3 N–H and O–H groups in total. The second-order valence-electron chi connectivity index (χ2n) is 2.95. The number of nitrogens with zero attached hydrogens (tertiary/aromatic N) is 2. The van der Waals surface area contributed by atoms with Gasteiger partial charge in [0.2, 0.25) is 5.95 Å². The Balaban J connectivity index is 2.24. The molecule has 0 radical (unpaired) electrons. The van der Waals surface area contributed by atoms with Crippen LogP contribution in [0, 0.1) is 0 Å². The van der Waals surface area contributed by atoms with Gasteiger partial charge in [0.15, 0.2) is 0 Å². The van der Waals surface area contributed by atoms with Gasteiger partial charge in [0.05, 0.1) is 5.56 Å². The predicted molar refractivity (Wildman–Crippen MR) is 60.1 cm³/mol. The summed E-state index contributed by atoms with van der Waals surface area (Å²) in [5.74, 6) is -0.333. The molecule has 0 aliphatic carbocycles. The summed E-state index contributed by atoms with van der Waals surface area (Å²) >= 11 is 3.22. The highest BCUT2D eigenvalue weighted by Crippen LogP contribution is 2.22. The van der Waals surface area contributed by atoms with Crippen LogP contribution < -0.4 is 5.32 Å². The number of H-pyrrole nitrogens is 1. The van der Waals surface area contributed by atoms with E-state index in [9.17, 15) is 9.90 Å². The molecule has 7 heteroatoms. The lowest BCUT2D eigenvalue weighted by Crippen LogP contribution is -2.13. The van der Waals surface area contributed by atoms with E-state index >= 15 is 0 Å². The number of carbonyl (C=O) groups excluding carboxylic acids is 1. The molecule has 0 bridgehead atoms. The molecule has 82 valence electrons. The van der Waals surface area contributed by atoms with Crippen molar-refractivity contribution >= 4 is 27.8 Å². The molecule has 1 aromatic carbocycles. The first-order valence-electron chi connectivity index (χ1n) is 4.32. The minimum Gasteiger partial charge on any atom is -0.507 e. The summed E-state index contributed by atoms with van der Waals surface area (Å²) in [6, 6.07) is 4.58. The van der Waals surface area contributed by atoms with Crippen molar-refractivity contribution in [1.29, 1.82) is 0 Å². The van der Waals surface area contributed by atoms with Gasteiger partial charge in [-0.05, 0) is 18.2 Å². The summed E-state index contributed by atoms with van der Waals surface area (Å²) in [6.45, 7) is 0. The maximum absolute atomic E-state index is 11.7. The van der Waals surface area contributed by atoms with Crippen LogP contribution in [0.2, 0.25) is 0 Å². The first-order chi connectivity index (χ1) is 7.66. The lowest BCUT2D eigenvalue weighted by atomic mass is 10.2. The third-order valence-corrected chi connectivity index (χ3v) is 2.34. The van der Waals surface area contributed by atoms with Crippen LogP contribution in [-0.2, 0) is 0 Å². The topological polar surface area (TPSA) is 90.9 Å². The number of halogens is 1. The van der Waals surface area contributed by atoms with Crippen LogP contribution in [0.15, 0.2) is 29.0 Å². The summed E-state index contributed by atoms with van der Waals surface area (Å²) in [4.78, 5) is 15.4. The van der Waals surface area contributed by atoms with Gasteiger partial charge in [-0.25, -0.2) is 5.10 Å². The summed E-state index contributed by atoms with van der Waals surface area (Å²) in [5.41, 5.74) is 0.158. The molecule has 0 atom stereocenters. The van der Waals surface area contributed by atoms with E-state index in [4.69, 9.17) is 0 Å². The van der Waals surface area contributed by atoms with Crippen molar-refractivity contribution in [3.63, 3.8) is 0 Å². The van der Waals surface area contributed by atoms with Crippen LogP contribution in [0.3, 0.4) is 0 Å². The first kappa shape index (κ1) is 10.6. The molecular formula is C9H7BrN4O2. The predicted octanol–water partition coefficient (Wildman–Crippen LogP) is 1.53. The SMILES string of the molecule is O=C(Nc1ncn[nH]1)c1cc(Br)ccc1O. The second-order valence-corrected chi connectivity index (χ2v) is 3.87. The van der Waals surface area contributed by atoms with Crippen molar-refractivity contribution < 1.29 is 9.90 Å². The highest BCUT2D eigenvalue weighted by atomic mass is 79.9. The lowest BCUT2D eigenvalue weighted by Gasteiger charge is -2.04. The minimum atomic E-state index is -0.462. The molecular weight excluding hydrogens is 276 g/mol. The second kappa shape index (κ2) is 4.31. The number of aromatic amines is 1. The van der Waals surface area contributed by atoms with Crippen molar-refractivity contribution in [2.75, 3.05) is 5.32 Å². The number of carbonyl (C=O) groups is 1. The van der Waals surface area contributed by atoms with Crippen LogP contribution in [0.25, 0.3) is 0 Å². The summed E-state index contributed by atoms with van der Waals surface area (Å²) < 4.78 is 0.702. The first-order valence-corrected chi connectivity index (χ1v) is 5.11. The number of aromatic hydroxyl groups is 1. The molecule has 0 aliphatic rings. The molecule has 0 fully saturated rings. The van der Waals surface area contributed by atoms with Crippen LogP contribution in [0.4, 0.5) is 5.95 Å². The Bertz CT molecular complexity index is 512. The van der Waals surface area contributed by atoms with E-state index in [1.54, 1.807) is 6.07 Å². The third-order valence-electron chi connectivity index (χ3n) is 1.85. The Hall–Kier alpha value is -1.89. The molecule has 0 saturated heterocycles. The van der Waals surface area contributed by atoms with Crippen LogP contribution in [-0.4, -0.2) is 26.2 Å². The van der Waals surface area contributed by atoms with Gasteiger partial charge in [0.25, 0.3) is 5.91 Å². The third kappa shape index (κ3) is 2.19. The molecule has 0 aliphatic heterocycles. The molecule has 2 rings (SSSR count). The monoisotopic (exact) mass is 282 g/mol. The van der Waals surface area contributed by atoms with E-state index in [0.717, 1.165) is 0 Å². The number of hydrogen-bond donors (Lipinski definition) is 3. The maximum Gasteiger partial charge on any atom is 0.261 e. The van der Waals surface area contributed by atoms with E-state index in [2.05, 4.69) is 36.4 Å². The van der Waals surface area contributed by atoms with Crippen molar-refractivity contribution in [3.05, 3.63) is 34.6 Å². The van der Waals surface area contributed by atoms with E-state index in [1.807, 2.05) is 0 Å². The highest BCUT2D eigenvalue weighted by molar-refractivity contribution is 9.10. The molecule has 2 aromatic rings. The summed E-state index contributed by atoms with van der Waals surface area (Å²) in [7, 11) is 0. The number of nitrogens with one attached hydrogen (secondary N) is 2. The Morgan fingerprint density at radius 2 is 2.31 bits per heavy atom. The molecule has 16 heavy (non-hydrogen) atoms. The fraction of sp³-hybridized carbons (Fsp3) is 0. The van der Waals surface area contributed by atoms with Gasteiger partial charge in [-0.2, -0.15) is 10.1 Å². The van der Waals surface area contributed by atoms with Crippen LogP contribution >= 0.6 is 15.9 Å². The number of amides is 1. The van der Waals surface area contributed by atoms with Gasteiger partial charge >= 0.3 is 0 Å². The zero-order valence-electron chi connectivity index (χ0n) is 7.94. The van der Waals surface area contributed by atoms with Gasteiger partial charge in [0, 0.05) is 4.47 Å². The fourth-order valence-corrected chi connectivity index (χ4v) is 1.49. The Morgan fingerprint density at radius 1 is 1.50 bits per heavy atom.